The number of Topliss-reactive ketones (excluding diaryl/α,β-unsaturated/α-hetero) is 1. The van der Waals surface area contributed by atoms with Crippen molar-refractivity contribution in [2.75, 3.05) is 13.6 Å². The molecule has 7 heteroatoms. The van der Waals surface area contributed by atoms with Crippen molar-refractivity contribution in [2.45, 2.75) is 26.6 Å². The predicted molar refractivity (Wildman–Crippen MR) is 86.6 cm³/mol. The Labute approximate surface area is 140 Å². The molecular formula is C17H21NO6. The lowest BCUT2D eigenvalue weighted by Crippen LogP contribution is -2.41. The molecule has 0 aromatic heterocycles. The summed E-state index contributed by atoms with van der Waals surface area (Å²) in [6.45, 7) is 8.19. The van der Waals surface area contributed by atoms with E-state index in [1.807, 2.05) is 0 Å². The first-order valence-electron chi connectivity index (χ1n) is 7.16. The van der Waals surface area contributed by atoms with Gasteiger partial charge < -0.3 is 19.5 Å². The first-order chi connectivity index (χ1) is 11.0. The van der Waals surface area contributed by atoms with Gasteiger partial charge in [0.25, 0.3) is 5.79 Å². The fraction of sp³-hybridized carbons (Fsp3) is 0.353. The van der Waals surface area contributed by atoms with Crippen molar-refractivity contribution in [3.8, 4) is 0 Å². The number of allylic oxidation sites excluding steroid dienone is 3. The number of ether oxygens (including phenoxy) is 2. The molecule has 1 rings (SSSR count). The molecule has 1 aliphatic heterocycles. The van der Waals surface area contributed by atoms with E-state index in [9.17, 15) is 19.5 Å². The minimum atomic E-state index is -1.33. The zero-order valence-electron chi connectivity index (χ0n) is 14.2. The molecule has 0 saturated carbocycles. The predicted octanol–water partition coefficient (Wildman–Crippen LogP) is 1.78. The second-order valence-electron chi connectivity index (χ2n) is 5.79. The number of carbonyl (C=O) groups excluding carboxylic acids is 3. The van der Waals surface area contributed by atoms with E-state index in [-0.39, 0.29) is 18.1 Å². The Bertz CT molecular complexity index is 632. The van der Waals surface area contributed by atoms with E-state index in [2.05, 4.69) is 6.58 Å². The smallest absolute Gasteiger partial charge is 0.348 e. The number of carbonyl (C=O) groups is 3. The number of esters is 2. The second kappa shape index (κ2) is 7.63. The van der Waals surface area contributed by atoms with Gasteiger partial charge in [-0.25, -0.2) is 9.59 Å². The van der Waals surface area contributed by atoms with E-state index >= 15 is 0 Å². The zero-order valence-corrected chi connectivity index (χ0v) is 14.2. The highest BCUT2D eigenvalue weighted by atomic mass is 16.7. The molecule has 0 aromatic rings. The number of aliphatic hydroxyl groups excluding tert-OH is 1. The van der Waals surface area contributed by atoms with Crippen LogP contribution in [0.15, 0.2) is 47.9 Å². The maximum Gasteiger partial charge on any atom is 0.348 e. The van der Waals surface area contributed by atoms with Gasteiger partial charge in [-0.15, -0.1) is 0 Å². The highest BCUT2D eigenvalue weighted by molar-refractivity contribution is 6.15. The quantitative estimate of drug-likeness (QED) is 0.260. The van der Waals surface area contributed by atoms with Gasteiger partial charge in [-0.2, -0.15) is 0 Å². The van der Waals surface area contributed by atoms with Crippen LogP contribution in [0.4, 0.5) is 0 Å². The lowest BCUT2D eigenvalue weighted by atomic mass is 10.2. The third-order valence-electron chi connectivity index (χ3n) is 2.89. The van der Waals surface area contributed by atoms with E-state index in [0.29, 0.717) is 5.57 Å². The number of aliphatic hydroxyl groups is 1. The zero-order chi connectivity index (χ0) is 18.5. The summed E-state index contributed by atoms with van der Waals surface area (Å²) in [5.41, 5.74) is 0.0536. The van der Waals surface area contributed by atoms with E-state index in [0.717, 1.165) is 6.08 Å². The summed E-state index contributed by atoms with van der Waals surface area (Å²) in [4.78, 5) is 36.5. The monoisotopic (exact) mass is 335 g/mol. The van der Waals surface area contributed by atoms with Crippen molar-refractivity contribution < 1.29 is 29.0 Å². The first-order valence-corrected chi connectivity index (χ1v) is 7.16. The molecule has 0 amide bonds. The summed E-state index contributed by atoms with van der Waals surface area (Å²) in [5.74, 6) is -3.51. The van der Waals surface area contributed by atoms with Crippen molar-refractivity contribution in [1.29, 1.82) is 0 Å². The number of hydrogen-bond acceptors (Lipinski definition) is 7. The molecule has 0 bridgehead atoms. The minimum Gasteiger partial charge on any atom is -0.508 e. The number of nitrogens with zero attached hydrogens (tertiary/aromatic N) is 1. The van der Waals surface area contributed by atoms with Crippen LogP contribution in [0, 0.1) is 0 Å². The third kappa shape index (κ3) is 5.75. The third-order valence-corrected chi connectivity index (χ3v) is 2.89. The highest BCUT2D eigenvalue weighted by Crippen LogP contribution is 2.23. The Morgan fingerprint density at radius 2 is 1.83 bits per heavy atom. The van der Waals surface area contributed by atoms with Crippen LogP contribution in [-0.4, -0.2) is 47.1 Å². The van der Waals surface area contributed by atoms with Crippen molar-refractivity contribution in [2.24, 2.45) is 0 Å². The molecule has 1 heterocycles. The van der Waals surface area contributed by atoms with Crippen molar-refractivity contribution in [3.63, 3.8) is 0 Å². The normalized spacial score (nSPS) is 17.3. The Hall–Kier alpha value is -2.83. The highest BCUT2D eigenvalue weighted by Gasteiger charge is 2.38. The second-order valence-corrected chi connectivity index (χ2v) is 5.79. The molecule has 24 heavy (non-hydrogen) atoms. The van der Waals surface area contributed by atoms with Gasteiger partial charge in [0.15, 0.2) is 5.78 Å². The molecule has 1 fully saturated rings. The van der Waals surface area contributed by atoms with Gasteiger partial charge in [0, 0.05) is 27.0 Å². The number of ketones is 1. The van der Waals surface area contributed by atoms with Crippen LogP contribution in [0.1, 0.15) is 20.8 Å². The van der Waals surface area contributed by atoms with Gasteiger partial charge in [0.05, 0.1) is 6.54 Å². The lowest BCUT2D eigenvalue weighted by molar-refractivity contribution is -0.222. The summed E-state index contributed by atoms with van der Waals surface area (Å²) < 4.78 is 9.81. The standard InChI is InChI=1S/C17H21NO6/c1-11(2)14(20)10-18(5)8-6-7-12(19)9-13-15(21)23-17(3,4)24-16(13)22/h6-9,19H,1,10H2,2-5H3/b8-6+,12-7-. The van der Waals surface area contributed by atoms with Crippen molar-refractivity contribution in [1.82, 2.24) is 4.90 Å². The van der Waals surface area contributed by atoms with Crippen LogP contribution in [0.5, 0.6) is 0 Å². The van der Waals surface area contributed by atoms with Gasteiger partial charge in [-0.3, -0.25) is 4.79 Å². The van der Waals surface area contributed by atoms with Crippen LogP contribution < -0.4 is 0 Å². The number of rotatable bonds is 6. The molecular weight excluding hydrogens is 314 g/mol. The minimum absolute atomic E-state index is 0.104. The molecule has 0 radical (unpaired) electrons. The molecule has 7 nitrogen and oxygen atoms in total. The SMILES string of the molecule is C=C(C)C(=O)CN(C)/C=C/C=C(\O)C=C1C(=O)OC(C)(C)OC1=O. The fourth-order valence-electron chi connectivity index (χ4n) is 1.68. The molecule has 0 spiro atoms. The first kappa shape index (κ1) is 19.2. The number of likely N-dealkylation sites (N-methyl/N-ethyl adjacent to an activating group) is 1. The van der Waals surface area contributed by atoms with Crippen molar-refractivity contribution in [3.05, 3.63) is 47.9 Å². The summed E-state index contributed by atoms with van der Waals surface area (Å²) in [7, 11) is 1.68. The average Bonchev–Trinajstić information content (AvgIpc) is 2.41. The Balaban J connectivity index is 2.74. The summed E-state index contributed by atoms with van der Waals surface area (Å²) in [6, 6.07) is 0. The summed E-state index contributed by atoms with van der Waals surface area (Å²) in [5, 5.41) is 9.77. The topological polar surface area (TPSA) is 93.1 Å². The molecule has 1 aliphatic rings. The average molecular weight is 335 g/mol. The molecule has 0 unspecified atom stereocenters. The van der Waals surface area contributed by atoms with E-state index in [1.165, 1.54) is 26.0 Å². The molecule has 1 saturated heterocycles. The maximum atomic E-state index is 11.7. The van der Waals surface area contributed by atoms with Crippen molar-refractivity contribution >= 4 is 17.7 Å². The molecule has 130 valence electrons. The maximum absolute atomic E-state index is 11.7. The van der Waals surface area contributed by atoms with Gasteiger partial charge in [-0.1, -0.05) is 6.58 Å². The van der Waals surface area contributed by atoms with Crippen LogP contribution >= 0.6 is 0 Å². The molecule has 0 aromatic carbocycles. The Kier molecular flexibility index (Phi) is 6.11. The van der Waals surface area contributed by atoms with E-state index in [1.54, 1.807) is 25.1 Å². The molecule has 0 atom stereocenters. The van der Waals surface area contributed by atoms with Crippen LogP contribution in [0.2, 0.25) is 0 Å². The number of hydrogen-bond donors (Lipinski definition) is 1. The summed E-state index contributed by atoms with van der Waals surface area (Å²) >= 11 is 0. The van der Waals surface area contributed by atoms with Crippen LogP contribution in [0.3, 0.4) is 0 Å². The van der Waals surface area contributed by atoms with Crippen LogP contribution in [-0.2, 0) is 23.9 Å². The summed E-state index contributed by atoms with van der Waals surface area (Å²) in [6.07, 6.45) is 5.23. The molecule has 0 aliphatic carbocycles. The number of cyclic esters (lactones) is 2. The van der Waals surface area contributed by atoms with Gasteiger partial charge in [0.1, 0.15) is 11.3 Å². The van der Waals surface area contributed by atoms with Gasteiger partial charge >= 0.3 is 11.9 Å². The molecule has 1 N–H and O–H groups in total. The van der Waals surface area contributed by atoms with E-state index in [4.69, 9.17) is 9.47 Å². The van der Waals surface area contributed by atoms with Crippen LogP contribution in [0.25, 0.3) is 0 Å². The fourth-order valence-corrected chi connectivity index (χ4v) is 1.68. The Morgan fingerprint density at radius 1 is 1.29 bits per heavy atom. The Morgan fingerprint density at radius 3 is 2.33 bits per heavy atom. The van der Waals surface area contributed by atoms with Gasteiger partial charge in [0.2, 0.25) is 0 Å². The largest absolute Gasteiger partial charge is 0.508 e. The van der Waals surface area contributed by atoms with Gasteiger partial charge in [-0.05, 0) is 30.8 Å². The van der Waals surface area contributed by atoms with E-state index < -0.39 is 23.3 Å². The lowest BCUT2D eigenvalue weighted by Gasteiger charge is -2.29.